The highest BCUT2D eigenvalue weighted by Gasteiger charge is 2.09. The number of amides is 1. The van der Waals surface area contributed by atoms with E-state index in [0.29, 0.717) is 6.42 Å². The second-order valence-corrected chi connectivity index (χ2v) is 4.37. The van der Waals surface area contributed by atoms with Gasteiger partial charge in [-0.2, -0.15) is 13.8 Å². The molecule has 4 nitrogen and oxygen atoms in total. The highest BCUT2D eigenvalue weighted by Crippen LogP contribution is 2.14. The molecule has 110 valence electrons. The number of benzene rings is 1. The van der Waals surface area contributed by atoms with Crippen LogP contribution in [0.5, 0.6) is 5.75 Å². The van der Waals surface area contributed by atoms with Crippen LogP contribution in [0.1, 0.15) is 12.0 Å². The van der Waals surface area contributed by atoms with E-state index in [-0.39, 0.29) is 18.0 Å². The highest BCUT2D eigenvalue weighted by atomic mass is 19.1. The topological polar surface area (TPSA) is 51.2 Å². The van der Waals surface area contributed by atoms with Crippen molar-refractivity contribution in [2.45, 2.75) is 12.8 Å². The number of methoxy groups -OCH3 is 1. The summed E-state index contributed by atoms with van der Waals surface area (Å²) < 4.78 is 31.0. The average molecular weight is 292 g/mol. The Morgan fingerprint density at radius 2 is 1.90 bits per heavy atom. The molecule has 1 aromatic heterocycles. The van der Waals surface area contributed by atoms with Crippen molar-refractivity contribution in [3.05, 3.63) is 53.9 Å². The summed E-state index contributed by atoms with van der Waals surface area (Å²) in [5.41, 5.74) is 0.833. The monoisotopic (exact) mass is 292 g/mol. The van der Waals surface area contributed by atoms with Gasteiger partial charge in [-0.05, 0) is 36.2 Å². The molecule has 0 saturated heterocycles. The summed E-state index contributed by atoms with van der Waals surface area (Å²) in [5, 5.41) is 2.36. The van der Waals surface area contributed by atoms with E-state index in [0.717, 1.165) is 23.4 Å². The van der Waals surface area contributed by atoms with E-state index in [1.165, 1.54) is 0 Å². The van der Waals surface area contributed by atoms with Gasteiger partial charge in [-0.15, -0.1) is 0 Å². The first kappa shape index (κ1) is 14.9. The first-order valence-corrected chi connectivity index (χ1v) is 6.33. The molecule has 6 heteroatoms. The van der Waals surface area contributed by atoms with Crippen LogP contribution >= 0.6 is 0 Å². The summed E-state index contributed by atoms with van der Waals surface area (Å²) >= 11 is 0. The van der Waals surface area contributed by atoms with Crippen molar-refractivity contribution in [2.75, 3.05) is 12.4 Å². The number of rotatable bonds is 5. The molecule has 0 fully saturated rings. The lowest BCUT2D eigenvalue weighted by molar-refractivity contribution is -0.116. The number of anilines is 1. The number of halogens is 2. The van der Waals surface area contributed by atoms with E-state index < -0.39 is 11.9 Å². The van der Waals surface area contributed by atoms with Gasteiger partial charge in [0.1, 0.15) is 5.75 Å². The normalized spacial score (nSPS) is 10.2. The Labute approximate surface area is 120 Å². The van der Waals surface area contributed by atoms with Crippen molar-refractivity contribution in [2.24, 2.45) is 0 Å². The van der Waals surface area contributed by atoms with E-state index in [1.807, 2.05) is 12.1 Å². The van der Waals surface area contributed by atoms with Gasteiger partial charge in [-0.3, -0.25) is 4.79 Å². The first-order valence-electron chi connectivity index (χ1n) is 6.33. The number of carbonyl (C=O) groups excluding carboxylic acids is 1. The fourth-order valence-corrected chi connectivity index (χ4v) is 1.77. The largest absolute Gasteiger partial charge is 0.497 e. The van der Waals surface area contributed by atoms with Crippen LogP contribution in [0.3, 0.4) is 0 Å². The molecular weight excluding hydrogens is 278 g/mol. The molecule has 1 N–H and O–H groups in total. The maximum absolute atomic E-state index is 13.3. The van der Waals surface area contributed by atoms with Crippen LogP contribution in [0.15, 0.2) is 36.4 Å². The molecule has 1 aromatic carbocycles. The van der Waals surface area contributed by atoms with Crippen molar-refractivity contribution in [3.63, 3.8) is 0 Å². The highest BCUT2D eigenvalue weighted by molar-refractivity contribution is 5.90. The fraction of sp³-hybridized carbons (Fsp3) is 0.200. The average Bonchev–Trinajstić information content (AvgIpc) is 2.48. The molecule has 21 heavy (non-hydrogen) atoms. The minimum atomic E-state index is -1.03. The lowest BCUT2D eigenvalue weighted by Crippen LogP contribution is -2.14. The number of hydrogen-bond donors (Lipinski definition) is 1. The maximum Gasteiger partial charge on any atom is 0.239 e. The van der Waals surface area contributed by atoms with Gasteiger partial charge < -0.3 is 10.1 Å². The van der Waals surface area contributed by atoms with Crippen LogP contribution < -0.4 is 10.1 Å². The Morgan fingerprint density at radius 3 is 2.52 bits per heavy atom. The molecule has 1 amide bonds. The molecule has 0 bridgehead atoms. The van der Waals surface area contributed by atoms with Gasteiger partial charge in [0.05, 0.1) is 12.8 Å². The van der Waals surface area contributed by atoms with Gasteiger partial charge in [0.2, 0.25) is 17.8 Å². The zero-order valence-corrected chi connectivity index (χ0v) is 11.4. The van der Waals surface area contributed by atoms with Gasteiger partial charge in [0.25, 0.3) is 0 Å². The van der Waals surface area contributed by atoms with Crippen molar-refractivity contribution >= 4 is 11.6 Å². The van der Waals surface area contributed by atoms with Crippen LogP contribution in [-0.4, -0.2) is 18.0 Å². The quantitative estimate of drug-likeness (QED) is 0.862. The Hall–Kier alpha value is -2.50. The van der Waals surface area contributed by atoms with E-state index in [2.05, 4.69) is 10.3 Å². The standard InChI is InChI=1S/C15H14F2N2O2/c1-21-11-5-2-10(3-6-11)4-9-14(20)18-12-7-8-13(16)19-15(12)17/h2-3,5-8H,4,9H2,1H3,(H,18,20). The lowest BCUT2D eigenvalue weighted by atomic mass is 10.1. The zero-order chi connectivity index (χ0) is 15.2. The second kappa shape index (κ2) is 6.78. The summed E-state index contributed by atoms with van der Waals surface area (Å²) in [6.07, 6.45) is 0.690. The van der Waals surface area contributed by atoms with Crippen LogP contribution in [0.25, 0.3) is 0 Å². The molecule has 0 saturated carbocycles. The van der Waals surface area contributed by atoms with Crippen molar-refractivity contribution in [1.82, 2.24) is 4.98 Å². The SMILES string of the molecule is COc1ccc(CCC(=O)Nc2ccc(F)nc2F)cc1. The van der Waals surface area contributed by atoms with Crippen LogP contribution in [0, 0.1) is 11.9 Å². The number of aromatic nitrogens is 1. The number of carbonyl (C=O) groups is 1. The van der Waals surface area contributed by atoms with E-state index >= 15 is 0 Å². The number of pyridine rings is 1. The third-order valence-electron chi connectivity index (χ3n) is 2.89. The summed E-state index contributed by atoms with van der Waals surface area (Å²) in [4.78, 5) is 14.7. The van der Waals surface area contributed by atoms with Gasteiger partial charge >= 0.3 is 0 Å². The Balaban J connectivity index is 1.89. The van der Waals surface area contributed by atoms with Gasteiger partial charge in [0.15, 0.2) is 0 Å². The van der Waals surface area contributed by atoms with Gasteiger partial charge in [-0.1, -0.05) is 12.1 Å². The Bertz CT molecular complexity index is 630. The molecule has 1 heterocycles. The lowest BCUT2D eigenvalue weighted by Gasteiger charge is -2.06. The third-order valence-corrected chi connectivity index (χ3v) is 2.89. The van der Waals surface area contributed by atoms with Gasteiger partial charge in [0, 0.05) is 6.42 Å². The molecule has 0 radical (unpaired) electrons. The minimum Gasteiger partial charge on any atom is -0.497 e. The smallest absolute Gasteiger partial charge is 0.239 e. The fourth-order valence-electron chi connectivity index (χ4n) is 1.77. The summed E-state index contributed by atoms with van der Waals surface area (Å²) in [5.74, 6) is -1.59. The molecule has 0 spiro atoms. The molecule has 0 atom stereocenters. The number of hydrogen-bond acceptors (Lipinski definition) is 3. The van der Waals surface area contributed by atoms with Crippen LogP contribution in [0.2, 0.25) is 0 Å². The molecular formula is C15H14F2N2O2. The van der Waals surface area contributed by atoms with Gasteiger partial charge in [-0.25, -0.2) is 0 Å². The predicted molar refractivity (Wildman–Crippen MR) is 74.1 cm³/mol. The van der Waals surface area contributed by atoms with Crippen molar-refractivity contribution < 1.29 is 18.3 Å². The Morgan fingerprint density at radius 1 is 1.19 bits per heavy atom. The number of ether oxygens (including phenoxy) is 1. The molecule has 0 aliphatic heterocycles. The number of nitrogens with zero attached hydrogens (tertiary/aromatic N) is 1. The number of nitrogens with one attached hydrogen (secondary N) is 1. The third kappa shape index (κ3) is 4.24. The van der Waals surface area contributed by atoms with E-state index in [4.69, 9.17) is 4.74 Å². The van der Waals surface area contributed by atoms with Crippen LogP contribution in [0.4, 0.5) is 14.5 Å². The van der Waals surface area contributed by atoms with Crippen molar-refractivity contribution in [1.29, 1.82) is 0 Å². The molecule has 0 aliphatic carbocycles. The molecule has 0 aliphatic rings. The maximum atomic E-state index is 13.3. The molecule has 2 rings (SSSR count). The Kier molecular flexibility index (Phi) is 4.81. The minimum absolute atomic E-state index is 0.129. The first-order chi connectivity index (χ1) is 10.1. The molecule has 0 unspecified atom stereocenters. The van der Waals surface area contributed by atoms with E-state index in [9.17, 15) is 13.6 Å². The van der Waals surface area contributed by atoms with E-state index in [1.54, 1.807) is 19.2 Å². The number of aryl methyl sites for hydroxylation is 1. The van der Waals surface area contributed by atoms with Crippen molar-refractivity contribution in [3.8, 4) is 5.75 Å². The second-order valence-electron chi connectivity index (χ2n) is 4.37. The summed E-state index contributed by atoms with van der Waals surface area (Å²) in [6.45, 7) is 0. The summed E-state index contributed by atoms with van der Waals surface area (Å²) in [7, 11) is 1.58. The predicted octanol–water partition coefficient (Wildman–Crippen LogP) is 2.94. The molecule has 2 aromatic rings. The van der Waals surface area contributed by atoms with Crippen LogP contribution in [-0.2, 0) is 11.2 Å². The summed E-state index contributed by atoms with van der Waals surface area (Å²) in [6, 6.07) is 9.44. The zero-order valence-electron chi connectivity index (χ0n) is 11.4.